The average Bonchev–Trinajstić information content (AvgIpc) is 3.21. The average molecular weight is 455 g/mol. The zero-order chi connectivity index (χ0) is 23.4. The predicted octanol–water partition coefficient (Wildman–Crippen LogP) is 9.66. The number of benzene rings is 1. The summed E-state index contributed by atoms with van der Waals surface area (Å²) in [5.74, 6) is 0. The van der Waals surface area contributed by atoms with E-state index in [1.807, 2.05) is 0 Å². The molecule has 2 heteroatoms. The Morgan fingerprint density at radius 1 is 0.545 bits per heavy atom. The third-order valence-electron chi connectivity index (χ3n) is 7.26. The lowest BCUT2D eigenvalue weighted by molar-refractivity contribution is 0.132. The first kappa shape index (κ1) is 27.8. The summed E-state index contributed by atoms with van der Waals surface area (Å²) in [6, 6.07) is 11.0. The van der Waals surface area contributed by atoms with Crippen LogP contribution in [0.2, 0.25) is 0 Å². The quantitative estimate of drug-likeness (QED) is 0.171. The van der Waals surface area contributed by atoms with Gasteiger partial charge in [0.15, 0.2) is 0 Å². The molecule has 33 heavy (non-hydrogen) atoms. The molecule has 1 aromatic rings. The molecule has 0 bridgehead atoms. The van der Waals surface area contributed by atoms with Crippen molar-refractivity contribution in [1.29, 1.82) is 0 Å². The normalized spacial score (nSPS) is 15.6. The summed E-state index contributed by atoms with van der Waals surface area (Å²) in [6.07, 6.45) is 30.6. The first-order valence-electron chi connectivity index (χ1n) is 14.6. The van der Waals surface area contributed by atoms with Crippen molar-refractivity contribution in [1.82, 2.24) is 9.80 Å². The highest BCUT2D eigenvalue weighted by molar-refractivity contribution is 5.15. The number of nitrogens with zero attached hydrogens (tertiary/aromatic N) is 2. The van der Waals surface area contributed by atoms with E-state index in [0.717, 1.165) is 6.54 Å². The highest BCUT2D eigenvalue weighted by Crippen LogP contribution is 2.24. The van der Waals surface area contributed by atoms with E-state index < -0.39 is 0 Å². The molecule has 2 rings (SSSR count). The van der Waals surface area contributed by atoms with Crippen molar-refractivity contribution >= 4 is 0 Å². The lowest BCUT2D eigenvalue weighted by atomic mass is 10.0. The number of rotatable bonds is 21. The minimum Gasteiger partial charge on any atom is -0.356 e. The molecule has 0 amide bonds. The van der Waals surface area contributed by atoms with Gasteiger partial charge >= 0.3 is 0 Å². The molecule has 0 saturated heterocycles. The summed E-state index contributed by atoms with van der Waals surface area (Å²) < 4.78 is 0. The van der Waals surface area contributed by atoms with Crippen LogP contribution in [0.15, 0.2) is 42.7 Å². The van der Waals surface area contributed by atoms with Gasteiger partial charge in [0.25, 0.3) is 0 Å². The molecule has 1 heterocycles. The van der Waals surface area contributed by atoms with E-state index in [-0.39, 0.29) is 0 Å². The topological polar surface area (TPSA) is 6.48 Å². The first-order chi connectivity index (χ1) is 16.3. The van der Waals surface area contributed by atoms with E-state index in [2.05, 4.69) is 66.4 Å². The van der Waals surface area contributed by atoms with Crippen molar-refractivity contribution in [2.75, 3.05) is 6.54 Å². The van der Waals surface area contributed by atoms with Gasteiger partial charge in [0.2, 0.25) is 0 Å². The van der Waals surface area contributed by atoms with Crippen LogP contribution in [0.4, 0.5) is 0 Å². The first-order valence-corrected chi connectivity index (χ1v) is 14.6. The van der Waals surface area contributed by atoms with Crippen LogP contribution in [-0.4, -0.2) is 22.5 Å². The van der Waals surface area contributed by atoms with Gasteiger partial charge in [-0.1, -0.05) is 140 Å². The second kappa shape index (κ2) is 18.9. The molecule has 188 valence electrons. The van der Waals surface area contributed by atoms with Gasteiger partial charge in [-0.05, 0) is 24.8 Å². The Kier molecular flexibility index (Phi) is 15.9. The smallest absolute Gasteiger partial charge is 0.101 e. The lowest BCUT2D eigenvalue weighted by Gasteiger charge is -2.33. The van der Waals surface area contributed by atoms with Crippen molar-refractivity contribution in [3.63, 3.8) is 0 Å². The maximum Gasteiger partial charge on any atom is 0.101 e. The molecule has 1 atom stereocenters. The molecule has 2 nitrogen and oxygen atoms in total. The molecule has 0 fully saturated rings. The molecule has 0 spiro atoms. The minimum atomic E-state index is 0.554. The molecule has 0 N–H and O–H groups in total. The molecular weight excluding hydrogens is 400 g/mol. The Labute approximate surface area is 206 Å². The van der Waals surface area contributed by atoms with E-state index in [4.69, 9.17) is 0 Å². The van der Waals surface area contributed by atoms with Gasteiger partial charge in [0.1, 0.15) is 6.17 Å². The fraction of sp³-hybridized carbons (Fsp3) is 0.742. The van der Waals surface area contributed by atoms with Crippen molar-refractivity contribution in [2.24, 2.45) is 0 Å². The van der Waals surface area contributed by atoms with E-state index in [1.54, 1.807) is 0 Å². The largest absolute Gasteiger partial charge is 0.356 e. The summed E-state index contributed by atoms with van der Waals surface area (Å²) in [5.41, 5.74) is 1.42. The van der Waals surface area contributed by atoms with E-state index in [1.165, 1.54) is 128 Å². The van der Waals surface area contributed by atoms with Crippen LogP contribution in [0.1, 0.15) is 135 Å². The third kappa shape index (κ3) is 12.6. The molecule has 0 aliphatic carbocycles. The second-order valence-corrected chi connectivity index (χ2v) is 10.3. The fourth-order valence-electron chi connectivity index (χ4n) is 5.11. The van der Waals surface area contributed by atoms with Gasteiger partial charge in [-0.3, -0.25) is 0 Å². The molecule has 0 aromatic heterocycles. The molecule has 1 aliphatic heterocycles. The van der Waals surface area contributed by atoms with Crippen molar-refractivity contribution < 1.29 is 0 Å². The highest BCUT2D eigenvalue weighted by atomic mass is 15.4. The van der Waals surface area contributed by atoms with Crippen molar-refractivity contribution in [3.8, 4) is 0 Å². The summed E-state index contributed by atoms with van der Waals surface area (Å²) in [6.45, 7) is 6.83. The number of unbranched alkanes of at least 4 members (excludes halogenated alkanes) is 15. The van der Waals surface area contributed by atoms with Crippen LogP contribution < -0.4 is 0 Å². The predicted molar refractivity (Wildman–Crippen MR) is 146 cm³/mol. The molecule has 1 aliphatic rings. The Morgan fingerprint density at radius 3 is 1.58 bits per heavy atom. The molecule has 0 saturated carbocycles. The molecule has 0 radical (unpaired) electrons. The Balaban J connectivity index is 1.51. The maximum atomic E-state index is 2.59. The monoisotopic (exact) mass is 454 g/mol. The van der Waals surface area contributed by atoms with E-state index in [9.17, 15) is 0 Å². The van der Waals surface area contributed by atoms with E-state index >= 15 is 0 Å². The maximum absolute atomic E-state index is 2.59. The van der Waals surface area contributed by atoms with Gasteiger partial charge in [-0.15, -0.1) is 0 Å². The zero-order valence-corrected chi connectivity index (χ0v) is 22.2. The van der Waals surface area contributed by atoms with Crippen LogP contribution in [0.25, 0.3) is 0 Å². The third-order valence-corrected chi connectivity index (χ3v) is 7.26. The van der Waals surface area contributed by atoms with Crippen LogP contribution in [0, 0.1) is 0 Å². The Morgan fingerprint density at radius 2 is 1.03 bits per heavy atom. The van der Waals surface area contributed by atoms with Crippen molar-refractivity contribution in [2.45, 2.75) is 142 Å². The summed E-state index contributed by atoms with van der Waals surface area (Å²) >= 11 is 0. The summed E-state index contributed by atoms with van der Waals surface area (Å²) in [4.78, 5) is 5.16. The van der Waals surface area contributed by atoms with Crippen molar-refractivity contribution in [3.05, 3.63) is 48.3 Å². The van der Waals surface area contributed by atoms with Crippen LogP contribution in [0.3, 0.4) is 0 Å². The van der Waals surface area contributed by atoms with Gasteiger partial charge in [-0.2, -0.15) is 0 Å². The van der Waals surface area contributed by atoms with Gasteiger partial charge < -0.3 is 9.80 Å². The molecule has 1 unspecified atom stereocenters. The van der Waals surface area contributed by atoms with Gasteiger partial charge in [0, 0.05) is 25.5 Å². The molecule has 1 aromatic carbocycles. The Bertz CT molecular complexity index is 582. The second-order valence-electron chi connectivity index (χ2n) is 10.3. The van der Waals surface area contributed by atoms with Gasteiger partial charge in [0.05, 0.1) is 0 Å². The fourth-order valence-corrected chi connectivity index (χ4v) is 5.11. The lowest BCUT2D eigenvalue weighted by Crippen LogP contribution is -2.38. The van der Waals surface area contributed by atoms with Crippen LogP contribution in [0.5, 0.6) is 0 Å². The van der Waals surface area contributed by atoms with E-state index in [0.29, 0.717) is 6.17 Å². The molecular formula is C31H54N2. The SMILES string of the molecule is CCCCCCCCCCCCCCCCCC1N(CCCC)C=CN1Cc1ccccc1. The van der Waals surface area contributed by atoms with Crippen LogP contribution >= 0.6 is 0 Å². The Hall–Kier alpha value is -1.44. The summed E-state index contributed by atoms with van der Waals surface area (Å²) in [7, 11) is 0. The standard InChI is InChI=1S/C31H54N2/c1-3-5-7-8-9-10-11-12-13-14-15-16-17-18-22-25-31-32(26-6-4-2)27-28-33(31)29-30-23-20-19-21-24-30/h19-21,23-24,27-28,31H,3-18,22,25-26,29H2,1-2H3. The summed E-state index contributed by atoms with van der Waals surface area (Å²) in [5, 5.41) is 0. The number of hydrogen-bond donors (Lipinski definition) is 0. The minimum absolute atomic E-state index is 0.554. The van der Waals surface area contributed by atoms with Crippen LogP contribution in [-0.2, 0) is 6.54 Å². The van der Waals surface area contributed by atoms with Gasteiger partial charge in [-0.25, -0.2) is 0 Å². The highest BCUT2D eigenvalue weighted by Gasteiger charge is 2.25. The number of hydrogen-bond acceptors (Lipinski definition) is 2. The zero-order valence-electron chi connectivity index (χ0n) is 22.2.